The predicted octanol–water partition coefficient (Wildman–Crippen LogP) is 12.0. The molecule has 0 radical (unpaired) electrons. The number of ether oxygens (including phenoxy) is 1. The zero-order chi connectivity index (χ0) is 35.2. The second-order valence-electron chi connectivity index (χ2n) is 16.5. The molecule has 3 nitrogen and oxygen atoms in total. The van der Waals surface area contributed by atoms with Crippen molar-refractivity contribution >= 4 is 38.6 Å². The van der Waals surface area contributed by atoms with Crippen molar-refractivity contribution in [2.24, 2.45) is 0 Å². The van der Waals surface area contributed by atoms with Gasteiger partial charge in [0.1, 0.15) is 18.1 Å². The van der Waals surface area contributed by atoms with Crippen LogP contribution < -0.4 is 9.64 Å². The van der Waals surface area contributed by atoms with Crippen LogP contribution >= 0.6 is 0 Å². The standard InChI is InChI=1S/C49H47N2O/c1-48(2)43-39-20-10-8-14-32(39)24-26-41(43)50-28-12-16-36(46(48)50)30-34-22-23-35(45(34)52-38-18-6-5-7-19-38)31-37-17-13-29-51-42-27-25-33-15-9-11-21-40(33)44(42)49(3,4)47(37)51/h5-11,14-15,18-21,24-27,30-31H,12-13,16-17,22-23,28-29H2,1-4H3/q+1. The van der Waals surface area contributed by atoms with E-state index in [1.54, 1.807) is 0 Å². The minimum atomic E-state index is -0.0913. The van der Waals surface area contributed by atoms with Gasteiger partial charge in [-0.3, -0.25) is 0 Å². The molecule has 0 bridgehead atoms. The molecule has 0 aromatic heterocycles. The molecule has 5 aromatic rings. The van der Waals surface area contributed by atoms with Crippen LogP contribution in [0.1, 0.15) is 77.3 Å². The van der Waals surface area contributed by atoms with Crippen molar-refractivity contribution in [3.63, 3.8) is 0 Å². The van der Waals surface area contributed by atoms with E-state index in [-0.39, 0.29) is 10.8 Å². The highest BCUT2D eigenvalue weighted by atomic mass is 16.5. The Hall–Kier alpha value is -5.15. The number of anilines is 1. The lowest BCUT2D eigenvalue weighted by Gasteiger charge is -2.33. The van der Waals surface area contributed by atoms with Crippen molar-refractivity contribution in [1.29, 1.82) is 0 Å². The van der Waals surface area contributed by atoms with Gasteiger partial charge in [-0.1, -0.05) is 92.7 Å². The molecule has 0 atom stereocenters. The molecule has 1 aliphatic carbocycles. The molecule has 0 saturated carbocycles. The molecule has 0 amide bonds. The van der Waals surface area contributed by atoms with Gasteiger partial charge in [0.25, 0.3) is 0 Å². The van der Waals surface area contributed by atoms with Gasteiger partial charge < -0.3 is 9.64 Å². The Morgan fingerprint density at radius 1 is 0.615 bits per heavy atom. The monoisotopic (exact) mass is 679 g/mol. The van der Waals surface area contributed by atoms with E-state index in [4.69, 9.17) is 4.74 Å². The summed E-state index contributed by atoms with van der Waals surface area (Å²) in [6.45, 7) is 11.9. The molecule has 4 heterocycles. The first-order valence-corrected chi connectivity index (χ1v) is 19.4. The fourth-order valence-electron chi connectivity index (χ4n) is 10.6. The second-order valence-corrected chi connectivity index (χ2v) is 16.5. The van der Waals surface area contributed by atoms with Crippen molar-refractivity contribution in [3.05, 3.63) is 160 Å². The van der Waals surface area contributed by atoms with Gasteiger partial charge in [0.15, 0.2) is 5.71 Å². The Labute approximate surface area is 307 Å². The Balaban J connectivity index is 1.11. The molecule has 3 heteroatoms. The molecule has 52 heavy (non-hydrogen) atoms. The van der Waals surface area contributed by atoms with Crippen LogP contribution in [0, 0.1) is 0 Å². The van der Waals surface area contributed by atoms with Crippen molar-refractivity contribution in [1.82, 2.24) is 0 Å². The molecule has 0 spiro atoms. The SMILES string of the molecule is CC1(C)C2=C(C=C3CCC(C=C4CCC[N+]5=C4C(C)(C)c4c5ccc5ccccc45)=C3Oc3ccccc3)CCCN2c2ccc3ccccc3c21. The maximum absolute atomic E-state index is 6.96. The molecule has 5 aliphatic rings. The van der Waals surface area contributed by atoms with E-state index >= 15 is 0 Å². The lowest BCUT2D eigenvalue weighted by molar-refractivity contribution is -0.441. The van der Waals surface area contributed by atoms with Crippen LogP contribution in [0.2, 0.25) is 0 Å². The normalized spacial score (nSPS) is 21.7. The number of allylic oxidation sites excluding steroid dienone is 7. The molecule has 0 N–H and O–H groups in total. The number of hydrogen-bond donors (Lipinski definition) is 0. The summed E-state index contributed by atoms with van der Waals surface area (Å²) >= 11 is 0. The van der Waals surface area contributed by atoms with Gasteiger partial charge in [-0.25, -0.2) is 0 Å². The summed E-state index contributed by atoms with van der Waals surface area (Å²) in [5.41, 5.74) is 14.1. The van der Waals surface area contributed by atoms with E-state index in [1.165, 1.54) is 77.7 Å². The molecule has 4 aliphatic heterocycles. The second kappa shape index (κ2) is 11.7. The molecular weight excluding hydrogens is 633 g/mol. The van der Waals surface area contributed by atoms with Gasteiger partial charge in [-0.2, -0.15) is 4.58 Å². The number of para-hydroxylation sites is 1. The van der Waals surface area contributed by atoms with E-state index in [0.29, 0.717) is 0 Å². The van der Waals surface area contributed by atoms with Crippen LogP contribution in [0.25, 0.3) is 21.5 Å². The van der Waals surface area contributed by atoms with Crippen LogP contribution in [0.4, 0.5) is 11.4 Å². The molecule has 0 unspecified atom stereocenters. The van der Waals surface area contributed by atoms with Crippen LogP contribution in [0.3, 0.4) is 0 Å². The number of fused-ring (bicyclic) bond motifs is 9. The Morgan fingerprint density at radius 3 is 2.10 bits per heavy atom. The fraction of sp³-hybridized carbons (Fsp3) is 0.286. The quantitative estimate of drug-likeness (QED) is 0.176. The lowest BCUT2D eigenvalue weighted by atomic mass is 9.75. The molecule has 0 saturated heterocycles. The zero-order valence-corrected chi connectivity index (χ0v) is 30.9. The maximum Gasteiger partial charge on any atom is 0.210 e. The van der Waals surface area contributed by atoms with E-state index in [9.17, 15) is 0 Å². The Kier molecular flexibility index (Phi) is 7.09. The third-order valence-electron chi connectivity index (χ3n) is 12.5. The van der Waals surface area contributed by atoms with Gasteiger partial charge in [0, 0.05) is 47.0 Å². The average Bonchev–Trinajstić information content (AvgIpc) is 3.73. The minimum Gasteiger partial charge on any atom is -0.457 e. The summed E-state index contributed by atoms with van der Waals surface area (Å²) in [5.74, 6) is 1.96. The van der Waals surface area contributed by atoms with Gasteiger partial charge >= 0.3 is 0 Å². The van der Waals surface area contributed by atoms with Crippen LogP contribution in [-0.2, 0) is 10.8 Å². The van der Waals surface area contributed by atoms with Crippen molar-refractivity contribution in [2.45, 2.75) is 77.0 Å². The number of hydrogen-bond acceptors (Lipinski definition) is 2. The first-order chi connectivity index (χ1) is 25.3. The van der Waals surface area contributed by atoms with E-state index in [0.717, 1.165) is 63.1 Å². The number of benzene rings is 5. The molecular formula is C49H47N2O+. The van der Waals surface area contributed by atoms with Crippen molar-refractivity contribution < 1.29 is 9.31 Å². The third kappa shape index (κ3) is 4.67. The Bertz CT molecular complexity index is 2490. The Morgan fingerprint density at radius 2 is 1.31 bits per heavy atom. The van der Waals surface area contributed by atoms with Gasteiger partial charge in [0.2, 0.25) is 5.69 Å². The number of rotatable bonds is 4. The fourth-order valence-corrected chi connectivity index (χ4v) is 10.6. The maximum atomic E-state index is 6.96. The van der Waals surface area contributed by atoms with E-state index in [1.807, 2.05) is 0 Å². The summed E-state index contributed by atoms with van der Waals surface area (Å²) in [4.78, 5) is 2.63. The third-order valence-corrected chi connectivity index (χ3v) is 12.5. The average molecular weight is 680 g/mol. The summed E-state index contributed by atoms with van der Waals surface area (Å²) in [7, 11) is 0. The predicted molar refractivity (Wildman–Crippen MR) is 216 cm³/mol. The topological polar surface area (TPSA) is 15.5 Å². The van der Waals surface area contributed by atoms with Crippen LogP contribution in [-0.4, -0.2) is 23.4 Å². The van der Waals surface area contributed by atoms with E-state index in [2.05, 4.69) is 152 Å². The number of nitrogens with zero attached hydrogens (tertiary/aromatic N) is 2. The molecule has 10 rings (SSSR count). The first-order valence-electron chi connectivity index (χ1n) is 19.4. The van der Waals surface area contributed by atoms with Gasteiger partial charge in [-0.15, -0.1) is 0 Å². The molecule has 258 valence electrons. The molecule has 0 fully saturated rings. The summed E-state index contributed by atoms with van der Waals surface area (Å²) in [6.07, 6.45) is 11.5. The minimum absolute atomic E-state index is 0.0913. The smallest absolute Gasteiger partial charge is 0.210 e. The zero-order valence-electron chi connectivity index (χ0n) is 30.9. The van der Waals surface area contributed by atoms with Crippen molar-refractivity contribution in [2.75, 3.05) is 18.0 Å². The van der Waals surface area contributed by atoms with E-state index < -0.39 is 0 Å². The summed E-state index contributed by atoms with van der Waals surface area (Å²) < 4.78 is 9.59. The summed E-state index contributed by atoms with van der Waals surface area (Å²) in [5, 5.41) is 5.41. The van der Waals surface area contributed by atoms with Gasteiger partial charge in [-0.05, 0) is 120 Å². The highest BCUT2D eigenvalue weighted by Gasteiger charge is 2.50. The van der Waals surface area contributed by atoms with Gasteiger partial charge in [0.05, 0.1) is 5.41 Å². The highest BCUT2D eigenvalue weighted by molar-refractivity contribution is 6.11. The first kappa shape index (κ1) is 31.6. The van der Waals surface area contributed by atoms with Crippen LogP contribution in [0.15, 0.2) is 149 Å². The van der Waals surface area contributed by atoms with Crippen LogP contribution in [0.5, 0.6) is 5.75 Å². The lowest BCUT2D eigenvalue weighted by Crippen LogP contribution is -2.34. The molecule has 5 aromatic carbocycles. The highest BCUT2D eigenvalue weighted by Crippen LogP contribution is 2.54. The van der Waals surface area contributed by atoms with Crippen molar-refractivity contribution in [3.8, 4) is 5.75 Å². The largest absolute Gasteiger partial charge is 0.457 e. The summed E-state index contributed by atoms with van der Waals surface area (Å²) in [6, 6.07) is 37.6.